The van der Waals surface area contributed by atoms with Crippen LogP contribution < -0.4 is 0 Å². The molecule has 0 aliphatic heterocycles. The summed E-state index contributed by atoms with van der Waals surface area (Å²) in [6.45, 7) is 11.5. The van der Waals surface area contributed by atoms with Crippen molar-refractivity contribution in [2.24, 2.45) is 17.3 Å². The highest BCUT2D eigenvalue weighted by Gasteiger charge is 2.67. The van der Waals surface area contributed by atoms with Gasteiger partial charge in [-0.3, -0.25) is 0 Å². The Balaban J connectivity index is 1.85. The van der Waals surface area contributed by atoms with Crippen LogP contribution in [0.2, 0.25) is 18.1 Å². The first-order chi connectivity index (χ1) is 11.0. The van der Waals surface area contributed by atoms with Gasteiger partial charge in [-0.1, -0.05) is 32.9 Å². The topological polar surface area (TPSA) is 47.9 Å². The van der Waals surface area contributed by atoms with Gasteiger partial charge in [0.25, 0.3) is 0 Å². The van der Waals surface area contributed by atoms with Gasteiger partial charge in [-0.15, -0.1) is 0 Å². The van der Waals surface area contributed by atoms with Crippen LogP contribution in [0.1, 0.15) is 40.0 Å². The fourth-order valence-corrected chi connectivity index (χ4v) is 6.34. The molecule has 3 unspecified atom stereocenters. The predicted octanol–water partition coefficient (Wildman–Crippen LogP) is 3.71. The summed E-state index contributed by atoms with van der Waals surface area (Å²) in [4.78, 5) is 0. The van der Waals surface area contributed by atoms with E-state index in [2.05, 4.69) is 46.0 Å². The van der Waals surface area contributed by atoms with E-state index >= 15 is 0 Å². The van der Waals surface area contributed by atoms with E-state index in [9.17, 15) is 5.11 Å². The number of ether oxygens (including phenoxy) is 2. The zero-order valence-electron chi connectivity index (χ0n) is 16.3. The first-order valence-corrected chi connectivity index (χ1v) is 12.1. The zero-order valence-corrected chi connectivity index (χ0v) is 17.3. The van der Waals surface area contributed by atoms with E-state index in [0.29, 0.717) is 5.92 Å². The highest BCUT2D eigenvalue weighted by molar-refractivity contribution is 6.74. The molecule has 5 atom stereocenters. The lowest BCUT2D eigenvalue weighted by Crippen LogP contribution is -2.65. The molecule has 4 aliphatic rings. The number of hydrogen-bond acceptors (Lipinski definition) is 4. The van der Waals surface area contributed by atoms with Crippen LogP contribution in [-0.4, -0.2) is 45.6 Å². The predicted molar refractivity (Wildman–Crippen MR) is 97.2 cm³/mol. The number of fused-ring (bicyclic) bond motifs is 1. The van der Waals surface area contributed by atoms with Gasteiger partial charge in [-0.25, -0.2) is 0 Å². The molecular formula is C19H34O4Si. The van der Waals surface area contributed by atoms with Gasteiger partial charge in [0.05, 0.1) is 0 Å². The average Bonchev–Trinajstić information content (AvgIpc) is 2.85. The number of hydrogen-bond donors (Lipinski definition) is 1. The van der Waals surface area contributed by atoms with Gasteiger partial charge in [-0.05, 0) is 43.3 Å². The molecule has 5 heteroatoms. The maximum Gasteiger partial charge on any atom is 0.201 e. The van der Waals surface area contributed by atoms with Gasteiger partial charge in [0.15, 0.2) is 8.32 Å². The van der Waals surface area contributed by atoms with Crippen molar-refractivity contribution in [2.45, 2.75) is 76.2 Å². The Morgan fingerprint density at radius 3 is 2.29 bits per heavy atom. The van der Waals surface area contributed by atoms with E-state index in [1.165, 1.54) is 0 Å². The first kappa shape index (κ1) is 18.6. The number of rotatable bonds is 4. The lowest BCUT2D eigenvalue weighted by molar-refractivity contribution is -0.324. The standard InChI is InChI=1S/C19H34O4Si/c1-17(2,3)24(6,7)23-15-11-14-10-13-8-9-18(14,12-15)16(20)19(13,21-4)22-5/h8-9,13-16,20H,10-12H2,1-7H3/t13?,14-,15+,16?,18?/m0/s1. The van der Waals surface area contributed by atoms with Gasteiger partial charge < -0.3 is 19.0 Å². The van der Waals surface area contributed by atoms with E-state index in [4.69, 9.17) is 13.9 Å². The van der Waals surface area contributed by atoms with E-state index < -0.39 is 20.2 Å². The largest absolute Gasteiger partial charge is 0.414 e. The molecule has 1 spiro atoms. The molecule has 0 heterocycles. The van der Waals surface area contributed by atoms with E-state index in [1.54, 1.807) is 14.2 Å². The summed E-state index contributed by atoms with van der Waals surface area (Å²) in [6, 6.07) is 0. The van der Waals surface area contributed by atoms with Crippen molar-refractivity contribution >= 4 is 8.32 Å². The lowest BCUT2D eigenvalue weighted by atomic mass is 9.56. The molecule has 1 N–H and O–H groups in total. The zero-order chi connectivity index (χ0) is 18.0. The van der Waals surface area contributed by atoms with Crippen molar-refractivity contribution in [1.82, 2.24) is 0 Å². The van der Waals surface area contributed by atoms with Crippen LogP contribution >= 0.6 is 0 Å². The van der Waals surface area contributed by atoms with Crippen LogP contribution in [0.3, 0.4) is 0 Å². The van der Waals surface area contributed by atoms with Crippen LogP contribution in [0.25, 0.3) is 0 Å². The van der Waals surface area contributed by atoms with Gasteiger partial charge in [-0.2, -0.15) is 0 Å². The van der Waals surface area contributed by atoms with Crippen molar-refractivity contribution in [2.75, 3.05) is 14.2 Å². The SMILES string of the molecule is COC1(OC)C2C=CC3(C[C@H](O[Si](C)(C)C(C)(C)C)C[C@@H]3C2)C1O. The molecule has 24 heavy (non-hydrogen) atoms. The Morgan fingerprint density at radius 2 is 1.75 bits per heavy atom. The number of aliphatic hydroxyl groups is 1. The van der Waals surface area contributed by atoms with E-state index in [0.717, 1.165) is 19.3 Å². The third-order valence-corrected chi connectivity index (χ3v) is 11.9. The third kappa shape index (κ3) is 2.39. The number of aliphatic hydroxyl groups excluding tert-OH is 1. The fraction of sp³-hybridized carbons (Fsp3) is 0.895. The Labute approximate surface area is 147 Å². The molecule has 0 aromatic rings. The smallest absolute Gasteiger partial charge is 0.201 e. The second-order valence-corrected chi connectivity index (χ2v) is 14.2. The van der Waals surface area contributed by atoms with E-state index in [-0.39, 0.29) is 22.5 Å². The van der Waals surface area contributed by atoms with Crippen LogP contribution in [0, 0.1) is 17.3 Å². The average molecular weight is 355 g/mol. The monoisotopic (exact) mass is 354 g/mol. The lowest BCUT2D eigenvalue weighted by Gasteiger charge is -2.57. The Hall–Kier alpha value is -0.203. The van der Waals surface area contributed by atoms with Crippen molar-refractivity contribution in [3.63, 3.8) is 0 Å². The molecule has 2 bridgehead atoms. The molecule has 0 aromatic heterocycles. The summed E-state index contributed by atoms with van der Waals surface area (Å²) < 4.78 is 18.1. The van der Waals surface area contributed by atoms with Gasteiger partial charge in [0, 0.05) is 31.7 Å². The summed E-state index contributed by atoms with van der Waals surface area (Å²) in [5, 5.41) is 11.4. The second kappa shape index (κ2) is 5.65. The Bertz CT molecular complexity index is 520. The molecule has 4 aliphatic carbocycles. The van der Waals surface area contributed by atoms with Crippen molar-refractivity contribution < 1.29 is 19.0 Å². The van der Waals surface area contributed by atoms with Gasteiger partial charge in [0.1, 0.15) is 6.10 Å². The van der Waals surface area contributed by atoms with Crippen LogP contribution in [0.4, 0.5) is 0 Å². The third-order valence-electron chi connectivity index (χ3n) is 7.38. The molecule has 0 saturated heterocycles. The summed E-state index contributed by atoms with van der Waals surface area (Å²) in [5.74, 6) is -0.339. The molecule has 2 saturated carbocycles. The summed E-state index contributed by atoms with van der Waals surface area (Å²) in [5.41, 5.74) is -0.270. The van der Waals surface area contributed by atoms with Crippen LogP contribution in [0.15, 0.2) is 12.2 Å². The second-order valence-electron chi connectivity index (χ2n) is 9.48. The highest BCUT2D eigenvalue weighted by Crippen LogP contribution is 2.63. The van der Waals surface area contributed by atoms with Crippen molar-refractivity contribution in [3.8, 4) is 0 Å². The quantitative estimate of drug-likeness (QED) is 0.475. The van der Waals surface area contributed by atoms with Crippen LogP contribution in [0.5, 0.6) is 0 Å². The maximum absolute atomic E-state index is 11.2. The van der Waals surface area contributed by atoms with Crippen molar-refractivity contribution in [3.05, 3.63) is 12.2 Å². The molecular weight excluding hydrogens is 320 g/mol. The molecule has 2 fully saturated rings. The molecule has 138 valence electrons. The van der Waals surface area contributed by atoms with E-state index in [1.807, 2.05) is 0 Å². The number of methoxy groups -OCH3 is 2. The molecule has 4 nitrogen and oxygen atoms in total. The minimum atomic E-state index is -1.81. The summed E-state index contributed by atoms with van der Waals surface area (Å²) in [6.07, 6.45) is 6.93. The molecule has 0 radical (unpaired) electrons. The highest BCUT2D eigenvalue weighted by atomic mass is 28.4. The Morgan fingerprint density at radius 1 is 1.12 bits per heavy atom. The molecule has 0 aromatic carbocycles. The Kier molecular flexibility index (Phi) is 4.37. The molecule has 0 amide bonds. The minimum Gasteiger partial charge on any atom is -0.414 e. The first-order valence-electron chi connectivity index (χ1n) is 9.18. The summed E-state index contributed by atoms with van der Waals surface area (Å²) >= 11 is 0. The fourth-order valence-electron chi connectivity index (χ4n) is 4.98. The van der Waals surface area contributed by atoms with Crippen LogP contribution in [-0.2, 0) is 13.9 Å². The van der Waals surface area contributed by atoms with Gasteiger partial charge in [0.2, 0.25) is 5.79 Å². The molecule has 4 rings (SSSR count). The minimum absolute atomic E-state index is 0.112. The normalized spacial score (nSPS) is 40.8. The van der Waals surface area contributed by atoms with Crippen molar-refractivity contribution in [1.29, 1.82) is 0 Å². The summed E-state index contributed by atoms with van der Waals surface area (Å²) in [7, 11) is 1.48. The van der Waals surface area contributed by atoms with Gasteiger partial charge >= 0.3 is 0 Å². The maximum atomic E-state index is 11.2.